The van der Waals surface area contributed by atoms with Crippen LogP contribution in [0.5, 0.6) is 0 Å². The first-order valence-electron chi connectivity index (χ1n) is 15.0. The highest BCUT2D eigenvalue weighted by Crippen LogP contribution is 2.41. The Kier molecular flexibility index (Phi) is 11.0. The lowest BCUT2D eigenvalue weighted by Gasteiger charge is -2.42. The molecule has 0 saturated carbocycles. The molecule has 0 unspecified atom stereocenters. The highest BCUT2D eigenvalue weighted by atomic mass is 19.2. The number of nitrogens with one attached hydrogen (secondary N) is 1. The topological polar surface area (TPSA) is 83.9 Å². The first-order chi connectivity index (χ1) is 22.6. The molecule has 4 aromatic rings. The first-order valence-corrected chi connectivity index (χ1v) is 15.0. The minimum Gasteiger partial charge on any atom is -0.392 e. The second-order valence-electron chi connectivity index (χ2n) is 11.5. The monoisotopic (exact) mass is 655 g/mol. The largest absolute Gasteiger partial charge is 0.392 e. The molecule has 0 radical (unpaired) electrons. The Bertz CT molecular complexity index is 1650. The molecule has 0 aliphatic carbocycles. The minimum atomic E-state index is -2.34. The summed E-state index contributed by atoms with van der Waals surface area (Å²) in [5.41, 5.74) is 2.31. The molecule has 1 aliphatic rings. The van der Waals surface area contributed by atoms with Crippen molar-refractivity contribution in [1.29, 1.82) is 0 Å². The van der Waals surface area contributed by atoms with Gasteiger partial charge in [0.2, 0.25) is 5.82 Å². The number of likely N-dealkylation sites (N-methyl/N-ethyl adjacent to an activating group) is 1. The normalized spacial score (nSPS) is 19.6. The van der Waals surface area contributed by atoms with Gasteiger partial charge in [0.05, 0.1) is 18.8 Å². The van der Waals surface area contributed by atoms with Crippen LogP contribution in [0.4, 0.5) is 22.0 Å². The number of nitrogens with zero attached hydrogens (tertiary/aromatic N) is 2. The van der Waals surface area contributed by atoms with Crippen LogP contribution in [-0.2, 0) is 29.0 Å². The Labute approximate surface area is 269 Å². The smallest absolute Gasteiger partial charge is 0.257 e. The van der Waals surface area contributed by atoms with Crippen LogP contribution in [0, 0.1) is 35.0 Å². The van der Waals surface area contributed by atoms with Gasteiger partial charge in [0.25, 0.3) is 5.91 Å². The number of carbonyl (C=O) groups is 1. The summed E-state index contributed by atoms with van der Waals surface area (Å²) in [6.45, 7) is 3.11. The van der Waals surface area contributed by atoms with Crippen molar-refractivity contribution in [3.63, 3.8) is 0 Å². The fourth-order valence-corrected chi connectivity index (χ4v) is 5.45. The predicted molar refractivity (Wildman–Crippen MR) is 162 cm³/mol. The molecule has 1 fully saturated rings. The molecule has 2 N–H and O–H groups in total. The zero-order chi connectivity index (χ0) is 33.7. The summed E-state index contributed by atoms with van der Waals surface area (Å²) in [5, 5.41) is 11.7. The number of aliphatic hydroxyl groups excluding tert-OH is 1. The van der Waals surface area contributed by atoms with Crippen molar-refractivity contribution in [2.75, 3.05) is 20.1 Å². The van der Waals surface area contributed by atoms with Crippen LogP contribution in [0.3, 0.4) is 0 Å². The van der Waals surface area contributed by atoms with E-state index in [1.165, 1.54) is 0 Å². The summed E-state index contributed by atoms with van der Waals surface area (Å²) in [6.07, 6.45) is 1.21. The van der Waals surface area contributed by atoms with Gasteiger partial charge < -0.3 is 24.8 Å². The second-order valence-corrected chi connectivity index (χ2v) is 11.5. The van der Waals surface area contributed by atoms with E-state index in [0.717, 1.165) is 29.8 Å². The SMILES string of the molecule is C[C@@H]1[C@H](CN(C)CCc2ccccn2)O[C@H](c2ccc(CNC(=O)c3c(F)c(F)c(F)c(F)c3F)cc2)O[C@@H]1c1ccc(CO)cc1. The molecule has 12 heteroatoms. The van der Waals surface area contributed by atoms with Crippen molar-refractivity contribution in [3.05, 3.63) is 136 Å². The fourth-order valence-electron chi connectivity index (χ4n) is 5.45. The highest BCUT2D eigenvalue weighted by molar-refractivity contribution is 5.94. The molecule has 0 spiro atoms. The van der Waals surface area contributed by atoms with Gasteiger partial charge in [-0.05, 0) is 35.9 Å². The maximum absolute atomic E-state index is 14.1. The van der Waals surface area contributed by atoms with E-state index in [0.29, 0.717) is 17.7 Å². The molecule has 248 valence electrons. The zero-order valence-corrected chi connectivity index (χ0v) is 25.7. The molecule has 2 heterocycles. The van der Waals surface area contributed by atoms with Gasteiger partial charge in [-0.25, -0.2) is 22.0 Å². The second kappa shape index (κ2) is 15.1. The average molecular weight is 656 g/mol. The standard InChI is InChI=1S/C35H34F5N3O4/c1-20-26(18-43(2)16-14-25-5-3-4-15-41-25)46-35(47-33(20)23-10-8-22(19-44)9-11-23)24-12-6-21(7-13-24)17-42-34(45)27-28(36)30(38)32(40)31(39)29(27)37/h3-13,15,20,26,33,35,44H,14,16-19H2,1-2H3,(H,42,45)/t20-,26+,33+,35+/m1/s1. The molecule has 5 rings (SSSR count). The number of rotatable bonds is 11. The molecule has 1 aromatic heterocycles. The molecule has 3 aromatic carbocycles. The molecule has 7 nitrogen and oxygen atoms in total. The number of aliphatic hydroxyl groups is 1. The molecular formula is C35H34F5N3O4. The molecule has 1 aliphatic heterocycles. The number of carbonyl (C=O) groups excluding carboxylic acids is 1. The number of hydrogen-bond acceptors (Lipinski definition) is 6. The molecule has 0 bridgehead atoms. The van der Waals surface area contributed by atoms with Gasteiger partial charge in [-0.15, -0.1) is 0 Å². The van der Waals surface area contributed by atoms with E-state index in [1.54, 1.807) is 30.5 Å². The van der Waals surface area contributed by atoms with Crippen LogP contribution in [0.25, 0.3) is 0 Å². The third-order valence-corrected chi connectivity index (χ3v) is 8.23. The fraction of sp³-hybridized carbons (Fsp3) is 0.314. The van der Waals surface area contributed by atoms with Gasteiger partial charge in [-0.3, -0.25) is 9.78 Å². The van der Waals surface area contributed by atoms with Gasteiger partial charge >= 0.3 is 0 Å². The van der Waals surface area contributed by atoms with E-state index in [4.69, 9.17) is 9.47 Å². The number of pyridine rings is 1. The van der Waals surface area contributed by atoms with Crippen molar-refractivity contribution in [3.8, 4) is 0 Å². The zero-order valence-electron chi connectivity index (χ0n) is 25.7. The predicted octanol–water partition coefficient (Wildman–Crippen LogP) is 6.17. The quantitative estimate of drug-likeness (QED) is 0.114. The summed E-state index contributed by atoms with van der Waals surface area (Å²) < 4.78 is 81.6. The van der Waals surface area contributed by atoms with E-state index in [-0.39, 0.29) is 31.3 Å². The van der Waals surface area contributed by atoms with E-state index in [2.05, 4.69) is 22.1 Å². The lowest BCUT2D eigenvalue weighted by Crippen LogP contribution is -2.43. The lowest BCUT2D eigenvalue weighted by atomic mass is 9.90. The van der Waals surface area contributed by atoms with Crippen molar-refractivity contribution < 1.29 is 41.3 Å². The number of amides is 1. The number of halogens is 5. The van der Waals surface area contributed by atoms with E-state index >= 15 is 0 Å². The minimum absolute atomic E-state index is 0.0417. The Morgan fingerprint density at radius 3 is 2.09 bits per heavy atom. The van der Waals surface area contributed by atoms with Crippen LogP contribution in [0.15, 0.2) is 72.9 Å². The van der Waals surface area contributed by atoms with E-state index in [9.17, 15) is 31.9 Å². The summed E-state index contributed by atoms with van der Waals surface area (Å²) >= 11 is 0. The van der Waals surface area contributed by atoms with Crippen LogP contribution < -0.4 is 5.32 Å². The number of hydrogen-bond donors (Lipinski definition) is 2. The van der Waals surface area contributed by atoms with E-state index in [1.807, 2.05) is 49.5 Å². The molecular weight excluding hydrogens is 621 g/mol. The molecule has 1 amide bonds. The third-order valence-electron chi connectivity index (χ3n) is 8.23. The third kappa shape index (κ3) is 7.84. The highest BCUT2D eigenvalue weighted by Gasteiger charge is 2.39. The van der Waals surface area contributed by atoms with E-state index < -0.39 is 46.8 Å². The van der Waals surface area contributed by atoms with Gasteiger partial charge in [0.1, 0.15) is 5.56 Å². The lowest BCUT2D eigenvalue weighted by molar-refractivity contribution is -0.275. The van der Waals surface area contributed by atoms with Crippen LogP contribution in [0.2, 0.25) is 0 Å². The van der Waals surface area contributed by atoms with Crippen LogP contribution in [0.1, 0.15) is 57.6 Å². The Balaban J connectivity index is 1.29. The number of aromatic nitrogens is 1. The average Bonchev–Trinajstić information content (AvgIpc) is 3.09. The van der Waals surface area contributed by atoms with Gasteiger partial charge in [-0.2, -0.15) is 0 Å². The summed E-state index contributed by atoms with van der Waals surface area (Å²) in [5.74, 6) is -12.6. The maximum atomic E-state index is 14.1. The number of ether oxygens (including phenoxy) is 2. The molecule has 1 saturated heterocycles. The Morgan fingerprint density at radius 1 is 0.851 bits per heavy atom. The number of benzene rings is 3. The van der Waals surface area contributed by atoms with Gasteiger partial charge in [0.15, 0.2) is 29.6 Å². The summed E-state index contributed by atoms with van der Waals surface area (Å²) in [7, 11) is 2.02. The Morgan fingerprint density at radius 2 is 1.47 bits per heavy atom. The van der Waals surface area contributed by atoms with Crippen molar-refractivity contribution in [2.24, 2.45) is 5.92 Å². The summed E-state index contributed by atoms with van der Waals surface area (Å²) in [6, 6.07) is 20.1. The summed E-state index contributed by atoms with van der Waals surface area (Å²) in [4.78, 5) is 19.0. The van der Waals surface area contributed by atoms with Crippen LogP contribution in [-0.4, -0.2) is 47.1 Å². The Hall–Kier alpha value is -4.23. The van der Waals surface area contributed by atoms with Gasteiger partial charge in [0, 0.05) is 49.4 Å². The molecule has 47 heavy (non-hydrogen) atoms. The van der Waals surface area contributed by atoms with Crippen molar-refractivity contribution >= 4 is 5.91 Å². The maximum Gasteiger partial charge on any atom is 0.257 e. The van der Waals surface area contributed by atoms with Crippen molar-refractivity contribution in [2.45, 2.75) is 45.0 Å². The molecule has 4 atom stereocenters. The first kappa shape index (κ1) is 34.1. The van der Waals surface area contributed by atoms with Crippen LogP contribution >= 0.6 is 0 Å². The van der Waals surface area contributed by atoms with Crippen molar-refractivity contribution in [1.82, 2.24) is 15.2 Å². The van der Waals surface area contributed by atoms with Gasteiger partial charge in [-0.1, -0.05) is 61.5 Å².